The Labute approximate surface area is 391 Å². The van der Waals surface area contributed by atoms with Crippen LogP contribution in [0.4, 0.5) is 17.1 Å². The van der Waals surface area contributed by atoms with Crippen LogP contribution in [0.1, 0.15) is 56.0 Å². The molecular formula is C64H50N2O. The summed E-state index contributed by atoms with van der Waals surface area (Å²) in [6.07, 6.45) is 16.4. The van der Waals surface area contributed by atoms with E-state index in [4.69, 9.17) is 4.42 Å². The number of benzene rings is 9. The molecule has 2 heterocycles. The van der Waals surface area contributed by atoms with E-state index in [9.17, 15) is 0 Å². The number of rotatable bonds is 8. The van der Waals surface area contributed by atoms with Crippen LogP contribution in [-0.4, -0.2) is 4.57 Å². The summed E-state index contributed by atoms with van der Waals surface area (Å²) < 4.78 is 9.02. The topological polar surface area (TPSA) is 21.3 Å². The molecule has 0 amide bonds. The summed E-state index contributed by atoms with van der Waals surface area (Å²) in [5, 5.41) is 7.51. The Morgan fingerprint density at radius 2 is 1.15 bits per heavy atom. The number of aromatic nitrogens is 1. The van der Waals surface area contributed by atoms with Crippen molar-refractivity contribution in [1.82, 2.24) is 4.57 Å². The quantitative estimate of drug-likeness (QED) is 0.152. The second-order valence-corrected chi connectivity index (χ2v) is 18.6. The molecule has 2 aliphatic carbocycles. The molecule has 2 aliphatic rings. The summed E-state index contributed by atoms with van der Waals surface area (Å²) in [6.45, 7) is 0. The molecule has 0 saturated heterocycles. The summed E-state index contributed by atoms with van der Waals surface area (Å²) in [7, 11) is 0. The van der Waals surface area contributed by atoms with Gasteiger partial charge in [-0.3, -0.25) is 0 Å². The first-order chi connectivity index (χ1) is 33.2. The Hall–Kier alpha value is -7.88. The highest BCUT2D eigenvalue weighted by Crippen LogP contribution is 2.49. The fraction of sp³-hybridized carbons (Fsp3) is 0.125. The average Bonchev–Trinajstić information content (AvgIpc) is 3.94. The highest BCUT2D eigenvalue weighted by molar-refractivity contribution is 6.10. The van der Waals surface area contributed by atoms with E-state index in [1.165, 1.54) is 92.5 Å². The van der Waals surface area contributed by atoms with Gasteiger partial charge in [0.05, 0.1) is 17.4 Å². The zero-order valence-corrected chi connectivity index (χ0v) is 37.5. The molecule has 67 heavy (non-hydrogen) atoms. The zero-order valence-electron chi connectivity index (χ0n) is 37.5. The maximum Gasteiger partial charge on any atom is 0.136 e. The Balaban J connectivity index is 1.01. The van der Waals surface area contributed by atoms with Gasteiger partial charge in [-0.2, -0.15) is 0 Å². The van der Waals surface area contributed by atoms with Crippen LogP contribution in [0, 0.1) is 0 Å². The van der Waals surface area contributed by atoms with Gasteiger partial charge < -0.3 is 13.9 Å². The third-order valence-corrected chi connectivity index (χ3v) is 14.7. The fourth-order valence-electron chi connectivity index (χ4n) is 11.6. The Morgan fingerprint density at radius 1 is 0.463 bits per heavy atom. The van der Waals surface area contributed by atoms with Crippen LogP contribution in [-0.2, 0) is 0 Å². The number of allylic oxidation sites excluding steroid dienone is 4. The number of para-hydroxylation sites is 4. The molecular weight excluding hydrogens is 813 g/mol. The SMILES string of the molecule is C1=CCC(n2c3ccccc3c3cc(-c4cccc(N(c5ccccc5-c5ccc6c(c5)oc5ccccc56)c5ccccc5-c5cccc6cccc(C7CCCCC7)c56)c4)ccc32)C=C1. The van der Waals surface area contributed by atoms with Crippen molar-refractivity contribution >= 4 is 71.6 Å². The highest BCUT2D eigenvalue weighted by atomic mass is 16.3. The lowest BCUT2D eigenvalue weighted by Crippen LogP contribution is -2.13. The van der Waals surface area contributed by atoms with Gasteiger partial charge in [-0.15, -0.1) is 0 Å². The number of furan rings is 1. The van der Waals surface area contributed by atoms with E-state index in [1.807, 2.05) is 6.07 Å². The van der Waals surface area contributed by atoms with E-state index in [2.05, 4.69) is 222 Å². The van der Waals surface area contributed by atoms with Crippen LogP contribution < -0.4 is 4.90 Å². The van der Waals surface area contributed by atoms with E-state index in [-0.39, 0.29) is 6.04 Å². The summed E-state index contributed by atoms with van der Waals surface area (Å²) in [6, 6.07) is 72.3. The van der Waals surface area contributed by atoms with Gasteiger partial charge in [-0.25, -0.2) is 0 Å². The summed E-state index contributed by atoms with van der Waals surface area (Å²) in [5.41, 5.74) is 16.2. The minimum atomic E-state index is 0.281. The molecule has 0 radical (unpaired) electrons. The lowest BCUT2D eigenvalue weighted by molar-refractivity contribution is 0.445. The van der Waals surface area contributed by atoms with Gasteiger partial charge in [0, 0.05) is 49.4 Å². The van der Waals surface area contributed by atoms with Gasteiger partial charge >= 0.3 is 0 Å². The van der Waals surface area contributed by atoms with Crippen molar-refractivity contribution in [2.24, 2.45) is 0 Å². The van der Waals surface area contributed by atoms with Gasteiger partial charge in [0.1, 0.15) is 11.2 Å². The third-order valence-electron chi connectivity index (χ3n) is 14.7. The van der Waals surface area contributed by atoms with Crippen LogP contribution in [0.25, 0.3) is 87.9 Å². The second kappa shape index (κ2) is 16.5. The van der Waals surface area contributed by atoms with Crippen molar-refractivity contribution < 1.29 is 4.42 Å². The maximum absolute atomic E-state index is 6.50. The molecule has 1 fully saturated rings. The standard InChI is InChI=1S/C64H50N2O/c1-3-18-43(19-4-1)51-30-16-20-44-21-17-31-56(64(44)51)52-27-8-12-33-59(52)66(58-32-11-7-26-50(58)47-36-38-55-54-29-10-14-35-62(54)67-63(55)42-47)49-25-15-22-45(40-49)46-37-39-61-57(41-46)53-28-9-13-34-60(53)65(61)48-23-5-2-6-24-48/h2,5-17,20-23,25-43,48H,1,3-4,18-19,24H2. The molecule has 3 heteroatoms. The summed E-state index contributed by atoms with van der Waals surface area (Å²) in [4.78, 5) is 2.51. The molecule has 0 aliphatic heterocycles. The van der Waals surface area contributed by atoms with E-state index >= 15 is 0 Å². The van der Waals surface area contributed by atoms with Gasteiger partial charge in [-0.05, 0) is 124 Å². The Kier molecular flexibility index (Phi) is 9.74. The zero-order chi connectivity index (χ0) is 44.3. The molecule has 322 valence electrons. The normalized spacial score (nSPS) is 15.4. The van der Waals surface area contributed by atoms with Crippen LogP contribution in [0.2, 0.25) is 0 Å². The van der Waals surface area contributed by atoms with E-state index in [0.29, 0.717) is 5.92 Å². The smallest absolute Gasteiger partial charge is 0.136 e. The Bertz CT molecular complexity index is 3740. The van der Waals surface area contributed by atoms with Crippen molar-refractivity contribution in [3.8, 4) is 33.4 Å². The van der Waals surface area contributed by atoms with E-state index < -0.39 is 0 Å². The number of nitrogens with zero attached hydrogens (tertiary/aromatic N) is 2. The maximum atomic E-state index is 6.50. The predicted molar refractivity (Wildman–Crippen MR) is 283 cm³/mol. The van der Waals surface area contributed by atoms with Crippen molar-refractivity contribution in [2.45, 2.75) is 50.5 Å². The van der Waals surface area contributed by atoms with Gasteiger partial charge in [0.25, 0.3) is 0 Å². The largest absolute Gasteiger partial charge is 0.456 e. The number of anilines is 3. The van der Waals surface area contributed by atoms with Gasteiger partial charge in [0.15, 0.2) is 0 Å². The van der Waals surface area contributed by atoms with E-state index in [0.717, 1.165) is 56.5 Å². The highest BCUT2D eigenvalue weighted by Gasteiger charge is 2.25. The lowest BCUT2D eigenvalue weighted by atomic mass is 9.80. The second-order valence-electron chi connectivity index (χ2n) is 18.6. The molecule has 1 atom stereocenters. The van der Waals surface area contributed by atoms with E-state index in [1.54, 1.807) is 0 Å². The molecule has 1 unspecified atom stereocenters. The first-order valence-electron chi connectivity index (χ1n) is 24.1. The average molecular weight is 863 g/mol. The van der Waals surface area contributed by atoms with Crippen molar-refractivity contribution in [1.29, 1.82) is 0 Å². The van der Waals surface area contributed by atoms with Crippen LogP contribution in [0.3, 0.4) is 0 Å². The number of hydrogen-bond acceptors (Lipinski definition) is 2. The summed E-state index contributed by atoms with van der Waals surface area (Å²) in [5.74, 6) is 0.565. The molecule has 1 saturated carbocycles. The fourth-order valence-corrected chi connectivity index (χ4v) is 11.6. The minimum absolute atomic E-state index is 0.281. The first-order valence-corrected chi connectivity index (χ1v) is 24.1. The molecule has 9 aromatic carbocycles. The molecule has 0 bridgehead atoms. The molecule has 3 nitrogen and oxygen atoms in total. The van der Waals surface area contributed by atoms with Gasteiger partial charge in [-0.1, -0.05) is 177 Å². The number of hydrogen-bond donors (Lipinski definition) is 0. The third kappa shape index (κ3) is 6.80. The molecule has 11 aromatic rings. The Morgan fingerprint density at radius 3 is 2.01 bits per heavy atom. The summed E-state index contributed by atoms with van der Waals surface area (Å²) >= 11 is 0. The van der Waals surface area contributed by atoms with Crippen LogP contribution in [0.15, 0.2) is 223 Å². The van der Waals surface area contributed by atoms with Crippen molar-refractivity contribution in [3.63, 3.8) is 0 Å². The molecule has 0 N–H and O–H groups in total. The minimum Gasteiger partial charge on any atom is -0.456 e. The van der Waals surface area contributed by atoms with Crippen molar-refractivity contribution in [2.75, 3.05) is 4.90 Å². The molecule has 0 spiro atoms. The van der Waals surface area contributed by atoms with Crippen LogP contribution in [0.5, 0.6) is 0 Å². The first kappa shape index (κ1) is 39.5. The molecule has 13 rings (SSSR count). The predicted octanol–water partition coefficient (Wildman–Crippen LogP) is 18.4. The van der Waals surface area contributed by atoms with Crippen molar-refractivity contribution in [3.05, 3.63) is 224 Å². The number of fused-ring (bicyclic) bond motifs is 7. The monoisotopic (exact) mass is 862 g/mol. The lowest BCUT2D eigenvalue weighted by Gasteiger charge is -2.31. The van der Waals surface area contributed by atoms with Crippen LogP contribution >= 0.6 is 0 Å². The van der Waals surface area contributed by atoms with Gasteiger partial charge in [0.2, 0.25) is 0 Å². The molecule has 2 aromatic heterocycles.